The van der Waals surface area contributed by atoms with Crippen molar-refractivity contribution in [1.82, 2.24) is 20.0 Å². The monoisotopic (exact) mass is 208 g/mol. The quantitative estimate of drug-likeness (QED) is 0.679. The molecule has 2 aliphatic heterocycles. The third kappa shape index (κ3) is 1.14. The van der Waals surface area contributed by atoms with Gasteiger partial charge >= 0.3 is 6.03 Å². The highest BCUT2D eigenvalue weighted by Gasteiger charge is 2.44. The molecule has 6 heteroatoms. The standard InChI is InChI=1S/C9H12N4O2/c1-12-6-2-3-7(8-11-10-5-15-8)13(4-6)9(12)14/h5-7H,2-4H2,1H3/t6-,7+/m1/s1. The number of aromatic nitrogens is 2. The number of likely N-dealkylation sites (N-methyl/N-ethyl adjacent to an activating group) is 1. The van der Waals surface area contributed by atoms with Crippen LogP contribution >= 0.6 is 0 Å². The van der Waals surface area contributed by atoms with Gasteiger partial charge in [-0.3, -0.25) is 0 Å². The number of amides is 2. The summed E-state index contributed by atoms with van der Waals surface area (Å²) in [7, 11) is 1.85. The number of hydrogen-bond acceptors (Lipinski definition) is 4. The average Bonchev–Trinajstić information content (AvgIpc) is 2.85. The molecule has 0 unspecified atom stereocenters. The summed E-state index contributed by atoms with van der Waals surface area (Å²) in [6.07, 6.45) is 3.22. The Morgan fingerprint density at radius 3 is 3.13 bits per heavy atom. The van der Waals surface area contributed by atoms with Gasteiger partial charge in [0.1, 0.15) is 6.04 Å². The molecule has 0 aromatic carbocycles. The van der Waals surface area contributed by atoms with Gasteiger partial charge < -0.3 is 14.2 Å². The Balaban J connectivity index is 1.91. The van der Waals surface area contributed by atoms with Crippen molar-refractivity contribution in [2.75, 3.05) is 13.6 Å². The molecule has 2 aliphatic rings. The first-order valence-electron chi connectivity index (χ1n) is 5.07. The predicted molar refractivity (Wildman–Crippen MR) is 49.9 cm³/mol. The Hall–Kier alpha value is -1.59. The van der Waals surface area contributed by atoms with Crippen molar-refractivity contribution >= 4 is 6.03 Å². The molecule has 0 radical (unpaired) electrons. The average molecular weight is 208 g/mol. The summed E-state index contributed by atoms with van der Waals surface area (Å²) in [6.45, 7) is 0.780. The molecule has 2 fully saturated rings. The maximum absolute atomic E-state index is 11.9. The molecule has 15 heavy (non-hydrogen) atoms. The first-order valence-corrected chi connectivity index (χ1v) is 5.07. The van der Waals surface area contributed by atoms with Crippen LogP contribution in [0, 0.1) is 0 Å². The van der Waals surface area contributed by atoms with Gasteiger partial charge in [0, 0.05) is 13.6 Å². The van der Waals surface area contributed by atoms with Crippen LogP contribution < -0.4 is 0 Å². The van der Waals surface area contributed by atoms with Crippen LogP contribution in [0.25, 0.3) is 0 Å². The summed E-state index contributed by atoms with van der Waals surface area (Å²) in [5.41, 5.74) is 0. The summed E-state index contributed by atoms with van der Waals surface area (Å²) in [5, 5.41) is 7.54. The number of carbonyl (C=O) groups excluding carboxylic acids is 1. The zero-order chi connectivity index (χ0) is 10.4. The molecular weight excluding hydrogens is 196 g/mol. The van der Waals surface area contributed by atoms with Crippen molar-refractivity contribution in [2.24, 2.45) is 0 Å². The Labute approximate surface area is 86.9 Å². The maximum Gasteiger partial charge on any atom is 0.320 e. The van der Waals surface area contributed by atoms with E-state index in [4.69, 9.17) is 4.42 Å². The van der Waals surface area contributed by atoms with Crippen LogP contribution in [-0.4, -0.2) is 45.7 Å². The van der Waals surface area contributed by atoms with E-state index in [0.717, 1.165) is 19.4 Å². The van der Waals surface area contributed by atoms with Gasteiger partial charge in [-0.2, -0.15) is 0 Å². The normalized spacial score (nSPS) is 30.1. The highest BCUT2D eigenvalue weighted by molar-refractivity contribution is 5.77. The molecule has 2 atom stereocenters. The highest BCUT2D eigenvalue weighted by atomic mass is 16.4. The van der Waals surface area contributed by atoms with Crippen LogP contribution in [0.15, 0.2) is 10.8 Å². The second-order valence-corrected chi connectivity index (χ2v) is 4.07. The van der Waals surface area contributed by atoms with E-state index in [0.29, 0.717) is 11.9 Å². The van der Waals surface area contributed by atoms with Crippen LogP contribution in [0.1, 0.15) is 24.8 Å². The second kappa shape index (κ2) is 2.95. The van der Waals surface area contributed by atoms with Gasteiger partial charge in [-0.05, 0) is 12.8 Å². The van der Waals surface area contributed by atoms with Crippen molar-refractivity contribution in [3.63, 3.8) is 0 Å². The number of fused-ring (bicyclic) bond motifs is 2. The molecule has 0 spiro atoms. The van der Waals surface area contributed by atoms with E-state index >= 15 is 0 Å². The minimum atomic E-state index is -0.0267. The van der Waals surface area contributed by atoms with Gasteiger partial charge in [-0.25, -0.2) is 4.79 Å². The van der Waals surface area contributed by atoms with Crippen molar-refractivity contribution in [1.29, 1.82) is 0 Å². The van der Waals surface area contributed by atoms with E-state index in [1.165, 1.54) is 6.39 Å². The summed E-state index contributed by atoms with van der Waals surface area (Å²) in [5.74, 6) is 0.553. The van der Waals surface area contributed by atoms with Crippen molar-refractivity contribution in [2.45, 2.75) is 24.9 Å². The number of rotatable bonds is 1. The number of carbonyl (C=O) groups is 1. The molecular formula is C9H12N4O2. The minimum absolute atomic E-state index is 0.0267. The summed E-state index contributed by atoms with van der Waals surface area (Å²) in [4.78, 5) is 15.5. The molecule has 0 saturated carbocycles. The first kappa shape index (κ1) is 8.70. The molecule has 1 aromatic heterocycles. The maximum atomic E-state index is 11.9. The minimum Gasteiger partial charge on any atom is -0.426 e. The Morgan fingerprint density at radius 2 is 2.40 bits per heavy atom. The zero-order valence-electron chi connectivity index (χ0n) is 8.46. The number of hydrogen-bond donors (Lipinski definition) is 0. The fourth-order valence-electron chi connectivity index (χ4n) is 2.42. The van der Waals surface area contributed by atoms with Gasteiger partial charge in [-0.1, -0.05) is 0 Å². The molecule has 6 nitrogen and oxygen atoms in total. The van der Waals surface area contributed by atoms with E-state index in [2.05, 4.69) is 10.2 Å². The van der Waals surface area contributed by atoms with Gasteiger partial charge in [0.25, 0.3) is 0 Å². The van der Waals surface area contributed by atoms with Crippen LogP contribution in [0.2, 0.25) is 0 Å². The number of urea groups is 1. The lowest BCUT2D eigenvalue weighted by Gasteiger charge is -2.27. The fourth-order valence-corrected chi connectivity index (χ4v) is 2.42. The van der Waals surface area contributed by atoms with E-state index in [1.54, 1.807) is 4.90 Å². The largest absolute Gasteiger partial charge is 0.426 e. The van der Waals surface area contributed by atoms with Gasteiger partial charge in [-0.15, -0.1) is 10.2 Å². The van der Waals surface area contributed by atoms with Gasteiger partial charge in [0.05, 0.1) is 6.04 Å². The predicted octanol–water partition coefficient (Wildman–Crippen LogP) is 0.640. The zero-order valence-corrected chi connectivity index (χ0v) is 8.46. The Kier molecular flexibility index (Phi) is 1.71. The molecule has 0 N–H and O–H groups in total. The molecule has 2 bridgehead atoms. The third-order valence-electron chi connectivity index (χ3n) is 3.31. The van der Waals surface area contributed by atoms with Gasteiger partial charge in [0.15, 0.2) is 0 Å². The molecule has 3 heterocycles. The molecule has 3 rings (SSSR count). The van der Waals surface area contributed by atoms with E-state index in [9.17, 15) is 4.79 Å². The lowest BCUT2D eigenvalue weighted by molar-refractivity contribution is 0.167. The fraction of sp³-hybridized carbons (Fsp3) is 0.667. The third-order valence-corrected chi connectivity index (χ3v) is 3.31. The van der Waals surface area contributed by atoms with Crippen LogP contribution in [0.4, 0.5) is 4.79 Å². The first-order chi connectivity index (χ1) is 7.27. The summed E-state index contributed by atoms with van der Waals surface area (Å²) >= 11 is 0. The summed E-state index contributed by atoms with van der Waals surface area (Å²) < 4.78 is 5.17. The number of nitrogens with zero attached hydrogens (tertiary/aromatic N) is 4. The Bertz CT molecular complexity index is 377. The molecule has 2 amide bonds. The molecule has 2 saturated heterocycles. The van der Waals surface area contributed by atoms with Crippen LogP contribution in [0.5, 0.6) is 0 Å². The lowest BCUT2D eigenvalue weighted by atomic mass is 10.0. The van der Waals surface area contributed by atoms with Crippen LogP contribution in [-0.2, 0) is 0 Å². The van der Waals surface area contributed by atoms with Gasteiger partial charge in [0.2, 0.25) is 12.3 Å². The second-order valence-electron chi connectivity index (χ2n) is 4.07. The van der Waals surface area contributed by atoms with Crippen molar-refractivity contribution < 1.29 is 9.21 Å². The topological polar surface area (TPSA) is 62.5 Å². The van der Waals surface area contributed by atoms with Crippen LogP contribution in [0.3, 0.4) is 0 Å². The molecule has 80 valence electrons. The Morgan fingerprint density at radius 1 is 1.53 bits per heavy atom. The van der Waals surface area contributed by atoms with E-state index in [1.807, 2.05) is 11.9 Å². The van der Waals surface area contributed by atoms with E-state index < -0.39 is 0 Å². The summed E-state index contributed by atoms with van der Waals surface area (Å²) in [6, 6.07) is 0.401. The molecule has 0 aliphatic carbocycles. The van der Waals surface area contributed by atoms with E-state index in [-0.39, 0.29) is 12.1 Å². The SMILES string of the molecule is CN1C(=O)N2C[C@H]1CC[C@H]2c1nnco1. The van der Waals surface area contributed by atoms with Crippen molar-refractivity contribution in [3.8, 4) is 0 Å². The van der Waals surface area contributed by atoms with Crippen molar-refractivity contribution in [3.05, 3.63) is 12.3 Å². The highest BCUT2D eigenvalue weighted by Crippen LogP contribution is 2.36. The smallest absolute Gasteiger partial charge is 0.320 e. The molecule has 1 aromatic rings. The number of piperidine rings is 1. The lowest BCUT2D eigenvalue weighted by Crippen LogP contribution is -2.34.